The minimum absolute atomic E-state index is 0.160. The molecule has 0 radical (unpaired) electrons. The van der Waals surface area contributed by atoms with Crippen molar-refractivity contribution in [2.75, 3.05) is 0 Å². The fourth-order valence-corrected chi connectivity index (χ4v) is 1.73. The van der Waals surface area contributed by atoms with Crippen molar-refractivity contribution in [1.82, 2.24) is 5.32 Å². The number of primary amides is 1. The highest BCUT2D eigenvalue weighted by Crippen LogP contribution is 2.12. The van der Waals surface area contributed by atoms with Crippen molar-refractivity contribution in [3.8, 4) is 0 Å². The Morgan fingerprint density at radius 2 is 1.84 bits per heavy atom. The van der Waals surface area contributed by atoms with E-state index in [0.717, 1.165) is 11.1 Å². The first-order valence-electron chi connectivity index (χ1n) is 6.47. The number of nitrogens with two attached hydrogens (primary N) is 1. The van der Waals surface area contributed by atoms with Crippen LogP contribution >= 0.6 is 0 Å². The van der Waals surface area contributed by atoms with Crippen LogP contribution in [0.2, 0.25) is 0 Å². The molecule has 0 bridgehead atoms. The smallest absolute Gasteiger partial charge is 0.240 e. The van der Waals surface area contributed by atoms with Crippen LogP contribution in [-0.2, 0) is 16.0 Å². The molecule has 0 aliphatic carbocycles. The lowest BCUT2D eigenvalue weighted by atomic mass is 10.00. The normalized spacial score (nSPS) is 12.3. The SMILES string of the molecule is Cc1ccc(C[C@@H](NC(=O)C(C)C)C(N)=O)cc1C. The predicted octanol–water partition coefficient (Wildman–Crippen LogP) is 1.47. The lowest BCUT2D eigenvalue weighted by molar-refractivity contribution is -0.129. The van der Waals surface area contributed by atoms with Crippen molar-refractivity contribution >= 4 is 11.8 Å². The molecule has 1 aromatic carbocycles. The zero-order valence-corrected chi connectivity index (χ0v) is 12.0. The summed E-state index contributed by atoms with van der Waals surface area (Å²) < 4.78 is 0. The van der Waals surface area contributed by atoms with Gasteiger partial charge in [-0.15, -0.1) is 0 Å². The predicted molar refractivity (Wildman–Crippen MR) is 75.6 cm³/mol. The van der Waals surface area contributed by atoms with E-state index in [0.29, 0.717) is 6.42 Å². The van der Waals surface area contributed by atoms with Gasteiger partial charge in [0, 0.05) is 12.3 Å². The Morgan fingerprint density at radius 1 is 1.21 bits per heavy atom. The van der Waals surface area contributed by atoms with E-state index in [2.05, 4.69) is 5.32 Å². The van der Waals surface area contributed by atoms with E-state index in [1.165, 1.54) is 5.56 Å². The summed E-state index contributed by atoms with van der Waals surface area (Å²) in [5, 5.41) is 2.68. The molecule has 1 atom stereocenters. The topological polar surface area (TPSA) is 72.2 Å². The molecule has 104 valence electrons. The largest absolute Gasteiger partial charge is 0.368 e. The van der Waals surface area contributed by atoms with Crippen LogP contribution in [0, 0.1) is 19.8 Å². The van der Waals surface area contributed by atoms with Crippen molar-refractivity contribution in [2.24, 2.45) is 11.7 Å². The van der Waals surface area contributed by atoms with E-state index in [-0.39, 0.29) is 11.8 Å². The summed E-state index contributed by atoms with van der Waals surface area (Å²) in [4.78, 5) is 23.1. The van der Waals surface area contributed by atoms with Crippen LogP contribution in [0.25, 0.3) is 0 Å². The second-order valence-electron chi connectivity index (χ2n) is 5.24. The Hall–Kier alpha value is -1.84. The Bertz CT molecular complexity index is 481. The molecule has 0 aliphatic heterocycles. The second-order valence-corrected chi connectivity index (χ2v) is 5.24. The van der Waals surface area contributed by atoms with Gasteiger partial charge < -0.3 is 11.1 Å². The van der Waals surface area contributed by atoms with E-state index in [4.69, 9.17) is 5.73 Å². The molecule has 4 heteroatoms. The van der Waals surface area contributed by atoms with Gasteiger partial charge in [0.15, 0.2) is 0 Å². The first kappa shape index (κ1) is 15.2. The van der Waals surface area contributed by atoms with Crippen molar-refractivity contribution in [3.63, 3.8) is 0 Å². The van der Waals surface area contributed by atoms with Gasteiger partial charge in [-0.2, -0.15) is 0 Å². The molecule has 0 unspecified atom stereocenters. The third-order valence-corrected chi connectivity index (χ3v) is 3.20. The lowest BCUT2D eigenvalue weighted by Gasteiger charge is -2.17. The molecule has 0 spiro atoms. The minimum atomic E-state index is -0.656. The summed E-state index contributed by atoms with van der Waals surface area (Å²) in [6.45, 7) is 7.61. The van der Waals surface area contributed by atoms with Crippen LogP contribution in [-0.4, -0.2) is 17.9 Å². The molecular formula is C15H22N2O2. The number of carbonyl (C=O) groups excluding carboxylic acids is 2. The summed E-state index contributed by atoms with van der Waals surface area (Å²) in [5.41, 5.74) is 8.71. The summed E-state index contributed by atoms with van der Waals surface area (Å²) in [6.07, 6.45) is 0.426. The first-order chi connectivity index (χ1) is 8.81. The average molecular weight is 262 g/mol. The van der Waals surface area contributed by atoms with E-state index in [1.54, 1.807) is 13.8 Å². The Kier molecular flexibility index (Phi) is 5.10. The van der Waals surface area contributed by atoms with Gasteiger partial charge in [-0.05, 0) is 30.5 Å². The number of rotatable bonds is 5. The monoisotopic (exact) mass is 262 g/mol. The van der Waals surface area contributed by atoms with E-state index >= 15 is 0 Å². The standard InChI is InChI=1S/C15H22N2O2/c1-9(2)15(19)17-13(14(16)18)8-12-6-5-10(3)11(4)7-12/h5-7,9,13H,8H2,1-4H3,(H2,16,18)(H,17,19)/t13-/m1/s1. The molecular weight excluding hydrogens is 240 g/mol. The summed E-state index contributed by atoms with van der Waals surface area (Å²) in [6, 6.07) is 5.33. The maximum absolute atomic E-state index is 11.7. The zero-order valence-electron chi connectivity index (χ0n) is 12.0. The van der Waals surface area contributed by atoms with Gasteiger partial charge in [0.2, 0.25) is 11.8 Å². The number of nitrogens with one attached hydrogen (secondary N) is 1. The van der Waals surface area contributed by atoms with E-state index in [9.17, 15) is 9.59 Å². The van der Waals surface area contributed by atoms with Crippen LogP contribution < -0.4 is 11.1 Å². The van der Waals surface area contributed by atoms with Gasteiger partial charge in [0.25, 0.3) is 0 Å². The van der Waals surface area contributed by atoms with Crippen LogP contribution in [0.5, 0.6) is 0 Å². The summed E-state index contributed by atoms with van der Waals surface area (Å²) >= 11 is 0. The average Bonchev–Trinajstić information content (AvgIpc) is 2.32. The van der Waals surface area contributed by atoms with Crippen LogP contribution in [0.4, 0.5) is 0 Å². The van der Waals surface area contributed by atoms with Crippen LogP contribution in [0.15, 0.2) is 18.2 Å². The van der Waals surface area contributed by atoms with Crippen molar-refractivity contribution < 1.29 is 9.59 Å². The number of carbonyl (C=O) groups is 2. The van der Waals surface area contributed by atoms with Gasteiger partial charge in [-0.3, -0.25) is 9.59 Å². The van der Waals surface area contributed by atoms with Crippen LogP contribution in [0.3, 0.4) is 0 Å². The van der Waals surface area contributed by atoms with Crippen molar-refractivity contribution in [3.05, 3.63) is 34.9 Å². The number of amides is 2. The molecule has 3 N–H and O–H groups in total. The second kappa shape index (κ2) is 6.36. The molecule has 0 heterocycles. The molecule has 2 amide bonds. The van der Waals surface area contributed by atoms with Crippen molar-refractivity contribution in [1.29, 1.82) is 0 Å². The molecule has 4 nitrogen and oxygen atoms in total. The highest BCUT2D eigenvalue weighted by Gasteiger charge is 2.20. The quantitative estimate of drug-likeness (QED) is 0.843. The van der Waals surface area contributed by atoms with Crippen molar-refractivity contribution in [2.45, 2.75) is 40.2 Å². The number of benzene rings is 1. The fourth-order valence-electron chi connectivity index (χ4n) is 1.73. The van der Waals surface area contributed by atoms with Crippen LogP contribution in [0.1, 0.15) is 30.5 Å². The lowest BCUT2D eigenvalue weighted by Crippen LogP contribution is -2.47. The number of hydrogen-bond acceptors (Lipinski definition) is 2. The zero-order chi connectivity index (χ0) is 14.6. The number of hydrogen-bond donors (Lipinski definition) is 2. The molecule has 0 aliphatic rings. The Labute approximate surface area is 114 Å². The highest BCUT2D eigenvalue weighted by molar-refractivity contribution is 5.87. The first-order valence-corrected chi connectivity index (χ1v) is 6.47. The van der Waals surface area contributed by atoms with E-state index < -0.39 is 11.9 Å². The van der Waals surface area contributed by atoms with Gasteiger partial charge in [0.1, 0.15) is 6.04 Å². The molecule has 0 fully saturated rings. The summed E-state index contributed by atoms with van der Waals surface area (Å²) in [5.74, 6) is -0.832. The molecule has 0 saturated carbocycles. The molecule has 0 aromatic heterocycles. The molecule has 1 rings (SSSR count). The summed E-state index contributed by atoms with van der Waals surface area (Å²) in [7, 11) is 0. The Morgan fingerprint density at radius 3 is 2.32 bits per heavy atom. The van der Waals surface area contributed by atoms with Gasteiger partial charge in [-0.1, -0.05) is 32.0 Å². The third kappa shape index (κ3) is 4.39. The molecule has 0 saturated heterocycles. The molecule has 19 heavy (non-hydrogen) atoms. The fraction of sp³-hybridized carbons (Fsp3) is 0.467. The number of aryl methyl sites for hydroxylation is 2. The maximum atomic E-state index is 11.7. The third-order valence-electron chi connectivity index (χ3n) is 3.20. The maximum Gasteiger partial charge on any atom is 0.240 e. The van der Waals surface area contributed by atoms with Gasteiger partial charge >= 0.3 is 0 Å². The van der Waals surface area contributed by atoms with Gasteiger partial charge in [-0.25, -0.2) is 0 Å². The highest BCUT2D eigenvalue weighted by atomic mass is 16.2. The minimum Gasteiger partial charge on any atom is -0.368 e. The Balaban J connectivity index is 2.81. The van der Waals surface area contributed by atoms with Gasteiger partial charge in [0.05, 0.1) is 0 Å². The van der Waals surface area contributed by atoms with E-state index in [1.807, 2.05) is 32.0 Å². The molecule has 1 aromatic rings.